The second-order valence-corrected chi connectivity index (χ2v) is 5.61. The lowest BCUT2D eigenvalue weighted by molar-refractivity contribution is -0.143. The Morgan fingerprint density at radius 2 is 1.95 bits per heavy atom. The number of aliphatic carboxylic acids is 1. The van der Waals surface area contributed by atoms with Crippen molar-refractivity contribution >= 4 is 11.9 Å². The van der Waals surface area contributed by atoms with Crippen LogP contribution in [0.3, 0.4) is 0 Å². The quantitative estimate of drug-likeness (QED) is 0.906. The zero-order valence-corrected chi connectivity index (χ0v) is 12.7. The molecule has 0 spiro atoms. The molecule has 1 N–H and O–H groups in total. The Labute approximate surface area is 125 Å². The van der Waals surface area contributed by atoms with Crippen LogP contribution in [0.1, 0.15) is 50.3 Å². The van der Waals surface area contributed by atoms with Gasteiger partial charge in [-0.25, -0.2) is 0 Å². The number of carboxylic acids is 1. The number of amides is 1. The molecule has 0 saturated carbocycles. The second-order valence-electron chi connectivity index (χ2n) is 5.61. The summed E-state index contributed by atoms with van der Waals surface area (Å²) in [6, 6.07) is 7.53. The third-order valence-corrected chi connectivity index (χ3v) is 4.40. The number of hydrogen-bond acceptors (Lipinski definition) is 2. The van der Waals surface area contributed by atoms with Crippen LogP contribution in [-0.2, 0) is 16.0 Å². The molecule has 1 unspecified atom stereocenters. The number of benzene rings is 1. The average Bonchev–Trinajstić information content (AvgIpc) is 2.48. The summed E-state index contributed by atoms with van der Waals surface area (Å²) in [6.45, 7) is 4.64. The molecule has 2 rings (SSSR count). The topological polar surface area (TPSA) is 57.6 Å². The summed E-state index contributed by atoms with van der Waals surface area (Å²) in [5.41, 5.74) is 2.16. The molecule has 0 bridgehead atoms. The average molecular weight is 289 g/mol. The fourth-order valence-corrected chi connectivity index (χ4v) is 3.17. The number of carbonyl (C=O) groups is 2. The van der Waals surface area contributed by atoms with Gasteiger partial charge in [0.05, 0.1) is 12.5 Å². The fourth-order valence-electron chi connectivity index (χ4n) is 3.17. The van der Waals surface area contributed by atoms with E-state index < -0.39 is 5.97 Å². The molecule has 1 heterocycles. The van der Waals surface area contributed by atoms with Gasteiger partial charge in [0.2, 0.25) is 5.91 Å². The molecular formula is C17H23NO3. The van der Waals surface area contributed by atoms with Gasteiger partial charge in [0.1, 0.15) is 0 Å². The maximum absolute atomic E-state index is 12.7. The Morgan fingerprint density at radius 1 is 1.29 bits per heavy atom. The van der Waals surface area contributed by atoms with E-state index in [2.05, 4.69) is 0 Å². The van der Waals surface area contributed by atoms with Crippen molar-refractivity contribution in [3.05, 3.63) is 35.4 Å². The standard InChI is InChI=1S/C17H23NO3/c1-3-12(4-2)17(21)18-10-9-13-7-5-6-8-14(13)15(18)11-16(19)20/h5-8,12,15H,3-4,9-11H2,1-2H3,(H,19,20). The van der Waals surface area contributed by atoms with Crippen LogP contribution in [0.5, 0.6) is 0 Å². The van der Waals surface area contributed by atoms with Crippen molar-refractivity contribution in [2.75, 3.05) is 6.54 Å². The van der Waals surface area contributed by atoms with Gasteiger partial charge in [-0.15, -0.1) is 0 Å². The Bertz CT molecular complexity index is 523. The van der Waals surface area contributed by atoms with Crippen molar-refractivity contribution in [1.82, 2.24) is 4.90 Å². The van der Waals surface area contributed by atoms with Crippen LogP contribution < -0.4 is 0 Å². The maximum atomic E-state index is 12.7. The van der Waals surface area contributed by atoms with E-state index in [1.165, 1.54) is 0 Å². The van der Waals surface area contributed by atoms with Crippen molar-refractivity contribution < 1.29 is 14.7 Å². The highest BCUT2D eigenvalue weighted by Gasteiger charge is 2.34. The molecule has 0 saturated heterocycles. The van der Waals surface area contributed by atoms with Gasteiger partial charge in [-0.1, -0.05) is 38.1 Å². The smallest absolute Gasteiger partial charge is 0.305 e. The third-order valence-electron chi connectivity index (χ3n) is 4.40. The number of carboxylic acid groups (broad SMARTS) is 1. The summed E-state index contributed by atoms with van der Waals surface area (Å²) >= 11 is 0. The van der Waals surface area contributed by atoms with Gasteiger partial charge >= 0.3 is 5.97 Å². The van der Waals surface area contributed by atoms with Crippen LogP contribution in [0.2, 0.25) is 0 Å². The second kappa shape index (κ2) is 6.74. The lowest BCUT2D eigenvalue weighted by Crippen LogP contribution is -2.43. The zero-order valence-electron chi connectivity index (χ0n) is 12.7. The number of hydrogen-bond donors (Lipinski definition) is 1. The molecule has 0 fully saturated rings. The minimum Gasteiger partial charge on any atom is -0.481 e. The Morgan fingerprint density at radius 3 is 2.57 bits per heavy atom. The number of nitrogens with zero attached hydrogens (tertiary/aromatic N) is 1. The number of carbonyl (C=O) groups excluding carboxylic acids is 1. The summed E-state index contributed by atoms with van der Waals surface area (Å²) in [6.07, 6.45) is 2.38. The summed E-state index contributed by atoms with van der Waals surface area (Å²) in [5.74, 6) is -0.772. The predicted molar refractivity (Wildman–Crippen MR) is 80.9 cm³/mol. The van der Waals surface area contributed by atoms with E-state index >= 15 is 0 Å². The largest absolute Gasteiger partial charge is 0.481 e. The molecule has 1 aromatic carbocycles. The maximum Gasteiger partial charge on any atom is 0.305 e. The molecule has 1 amide bonds. The molecule has 114 valence electrons. The molecule has 4 heteroatoms. The number of fused-ring (bicyclic) bond motifs is 1. The summed E-state index contributed by atoms with van der Waals surface area (Å²) in [4.78, 5) is 25.7. The van der Waals surface area contributed by atoms with Crippen LogP contribution in [-0.4, -0.2) is 28.4 Å². The molecule has 1 aromatic rings. The predicted octanol–water partition coefficient (Wildman–Crippen LogP) is 3.02. The van der Waals surface area contributed by atoms with Gasteiger partial charge in [0.15, 0.2) is 0 Å². The van der Waals surface area contributed by atoms with Crippen molar-refractivity contribution in [1.29, 1.82) is 0 Å². The molecule has 4 nitrogen and oxygen atoms in total. The molecule has 1 atom stereocenters. The third kappa shape index (κ3) is 3.26. The van der Waals surface area contributed by atoms with E-state index in [9.17, 15) is 14.7 Å². The molecule has 21 heavy (non-hydrogen) atoms. The molecule has 0 aromatic heterocycles. The van der Waals surface area contributed by atoms with Gasteiger partial charge in [0, 0.05) is 12.5 Å². The Hall–Kier alpha value is -1.84. The fraction of sp³-hybridized carbons (Fsp3) is 0.529. The van der Waals surface area contributed by atoms with Crippen LogP contribution >= 0.6 is 0 Å². The minimum atomic E-state index is -0.862. The first-order valence-electron chi connectivity index (χ1n) is 7.68. The van der Waals surface area contributed by atoms with E-state index in [0.717, 1.165) is 30.4 Å². The van der Waals surface area contributed by atoms with Gasteiger partial charge < -0.3 is 10.0 Å². The molecule has 1 aliphatic rings. The van der Waals surface area contributed by atoms with Crippen LogP contribution in [0.15, 0.2) is 24.3 Å². The van der Waals surface area contributed by atoms with Crippen LogP contribution in [0.25, 0.3) is 0 Å². The first kappa shape index (κ1) is 15.5. The van der Waals surface area contributed by atoms with Gasteiger partial charge in [-0.2, -0.15) is 0 Å². The SMILES string of the molecule is CCC(CC)C(=O)N1CCc2ccccc2C1CC(=O)O. The van der Waals surface area contributed by atoms with E-state index in [0.29, 0.717) is 6.54 Å². The summed E-state index contributed by atoms with van der Waals surface area (Å²) in [7, 11) is 0. The van der Waals surface area contributed by atoms with E-state index in [1.54, 1.807) is 4.90 Å². The normalized spacial score (nSPS) is 17.7. The van der Waals surface area contributed by atoms with E-state index in [1.807, 2.05) is 38.1 Å². The van der Waals surface area contributed by atoms with Crippen LogP contribution in [0.4, 0.5) is 0 Å². The van der Waals surface area contributed by atoms with Crippen molar-refractivity contribution in [3.63, 3.8) is 0 Å². The monoisotopic (exact) mass is 289 g/mol. The first-order chi connectivity index (χ1) is 10.1. The van der Waals surface area contributed by atoms with E-state index in [4.69, 9.17) is 0 Å². The summed E-state index contributed by atoms with van der Waals surface area (Å²) < 4.78 is 0. The highest BCUT2D eigenvalue weighted by Crippen LogP contribution is 2.33. The molecular weight excluding hydrogens is 266 g/mol. The molecule has 0 radical (unpaired) electrons. The van der Waals surface area contributed by atoms with Crippen LogP contribution in [0, 0.1) is 5.92 Å². The zero-order chi connectivity index (χ0) is 15.4. The highest BCUT2D eigenvalue weighted by molar-refractivity contribution is 5.80. The molecule has 1 aliphatic heterocycles. The van der Waals surface area contributed by atoms with Crippen molar-refractivity contribution in [2.45, 2.75) is 45.6 Å². The Kier molecular flexibility index (Phi) is 4.99. The van der Waals surface area contributed by atoms with Gasteiger partial charge in [-0.05, 0) is 30.4 Å². The van der Waals surface area contributed by atoms with Gasteiger partial charge in [-0.3, -0.25) is 9.59 Å². The van der Waals surface area contributed by atoms with Crippen molar-refractivity contribution in [3.8, 4) is 0 Å². The minimum absolute atomic E-state index is 0.00782. The van der Waals surface area contributed by atoms with Gasteiger partial charge in [0.25, 0.3) is 0 Å². The lowest BCUT2D eigenvalue weighted by Gasteiger charge is -2.38. The Balaban J connectivity index is 2.33. The van der Waals surface area contributed by atoms with Crippen molar-refractivity contribution in [2.24, 2.45) is 5.92 Å². The number of rotatable bonds is 5. The molecule has 0 aliphatic carbocycles. The first-order valence-corrected chi connectivity index (χ1v) is 7.68. The van der Waals surface area contributed by atoms with E-state index in [-0.39, 0.29) is 24.3 Å². The summed E-state index contributed by atoms with van der Waals surface area (Å²) in [5, 5.41) is 9.21. The highest BCUT2D eigenvalue weighted by atomic mass is 16.4. The lowest BCUT2D eigenvalue weighted by atomic mass is 9.89.